The lowest BCUT2D eigenvalue weighted by molar-refractivity contribution is -0.137. The zero-order valence-electron chi connectivity index (χ0n) is 17.6. The van der Waals surface area contributed by atoms with Crippen LogP contribution in [0, 0.1) is 11.3 Å². The van der Waals surface area contributed by atoms with Gasteiger partial charge in [-0.25, -0.2) is 0 Å². The van der Waals surface area contributed by atoms with E-state index in [9.17, 15) is 28.2 Å². The predicted molar refractivity (Wildman–Crippen MR) is 121 cm³/mol. The monoisotopic (exact) mass is 474 g/mol. The average molecular weight is 475 g/mol. The van der Waals surface area contributed by atoms with Gasteiger partial charge in [-0.3, -0.25) is 4.79 Å². The molecule has 1 atom stereocenters. The first kappa shape index (κ1) is 24.4. The minimum absolute atomic E-state index is 0.0621. The number of allylic oxidation sites excluding steroid dienone is 3. The van der Waals surface area contributed by atoms with Gasteiger partial charge in [0.1, 0.15) is 11.4 Å². The van der Waals surface area contributed by atoms with Gasteiger partial charge in [0.2, 0.25) is 0 Å². The number of nitriles is 1. The number of alkyl halides is 3. The van der Waals surface area contributed by atoms with Gasteiger partial charge in [-0.05, 0) is 67.3 Å². The molecule has 0 fully saturated rings. The molecule has 33 heavy (non-hydrogen) atoms. The van der Waals surface area contributed by atoms with Crippen LogP contribution in [0.25, 0.3) is 5.57 Å². The van der Waals surface area contributed by atoms with Crippen molar-refractivity contribution in [1.29, 1.82) is 5.26 Å². The third kappa shape index (κ3) is 5.97. The largest absolute Gasteiger partial charge is 0.508 e. The third-order valence-electron chi connectivity index (χ3n) is 5.02. The summed E-state index contributed by atoms with van der Waals surface area (Å²) in [5.41, 5.74) is -1.99. The Morgan fingerprint density at radius 1 is 1.24 bits per heavy atom. The third-order valence-corrected chi connectivity index (χ3v) is 6.40. The molecule has 2 aromatic carbocycles. The molecule has 0 aliphatic heterocycles. The molecular weight excluding hydrogens is 453 g/mol. The van der Waals surface area contributed by atoms with Gasteiger partial charge < -0.3 is 15.5 Å². The zero-order chi connectivity index (χ0) is 24.2. The predicted octanol–water partition coefficient (Wildman–Crippen LogP) is 5.68. The molecule has 0 spiro atoms. The van der Waals surface area contributed by atoms with E-state index < -0.39 is 28.8 Å². The topological polar surface area (TPSA) is 93.3 Å². The molecule has 172 valence electrons. The van der Waals surface area contributed by atoms with Gasteiger partial charge in [-0.2, -0.15) is 18.4 Å². The number of anilines is 1. The van der Waals surface area contributed by atoms with Crippen molar-refractivity contribution in [2.45, 2.75) is 36.4 Å². The van der Waals surface area contributed by atoms with Crippen molar-refractivity contribution in [3.8, 4) is 6.07 Å². The summed E-state index contributed by atoms with van der Waals surface area (Å²) in [5, 5.41) is 31.7. The van der Waals surface area contributed by atoms with Gasteiger partial charge >= 0.3 is 6.18 Å². The fraction of sp³-hybridized carbons (Fsp3) is 0.250. The fourth-order valence-electron chi connectivity index (χ4n) is 3.26. The molecule has 1 amide bonds. The highest BCUT2D eigenvalue weighted by Crippen LogP contribution is 2.36. The summed E-state index contributed by atoms with van der Waals surface area (Å²) < 4.78 is 39.5. The van der Waals surface area contributed by atoms with Gasteiger partial charge in [-0.1, -0.05) is 18.2 Å². The molecule has 0 bridgehead atoms. The van der Waals surface area contributed by atoms with E-state index in [0.717, 1.165) is 28.5 Å². The number of hydrogen-bond donors (Lipinski definition) is 3. The van der Waals surface area contributed by atoms with Crippen molar-refractivity contribution >= 4 is 28.9 Å². The van der Waals surface area contributed by atoms with Gasteiger partial charge in [-0.15, -0.1) is 11.8 Å². The number of nitrogens with one attached hydrogen (secondary N) is 1. The van der Waals surface area contributed by atoms with Gasteiger partial charge in [0.25, 0.3) is 5.91 Å². The number of benzene rings is 2. The Kier molecular flexibility index (Phi) is 7.20. The van der Waals surface area contributed by atoms with E-state index in [1.165, 1.54) is 30.8 Å². The first-order valence-electron chi connectivity index (χ1n) is 9.98. The Hall–Kier alpha value is -3.22. The highest BCUT2D eigenvalue weighted by molar-refractivity contribution is 7.99. The summed E-state index contributed by atoms with van der Waals surface area (Å²) in [6.45, 7) is 1.28. The summed E-state index contributed by atoms with van der Waals surface area (Å²) in [6.07, 6.45) is 0.0734. The van der Waals surface area contributed by atoms with Crippen LogP contribution in [0.5, 0.6) is 0 Å². The smallest absolute Gasteiger partial charge is 0.417 e. The lowest BCUT2D eigenvalue weighted by Crippen LogP contribution is -2.42. The molecule has 9 heteroatoms. The summed E-state index contributed by atoms with van der Waals surface area (Å²) in [6, 6.07) is 11.7. The van der Waals surface area contributed by atoms with Crippen molar-refractivity contribution in [3.05, 3.63) is 77.1 Å². The van der Waals surface area contributed by atoms with Crippen LogP contribution < -0.4 is 5.32 Å². The van der Waals surface area contributed by atoms with Gasteiger partial charge in [0.15, 0.2) is 0 Å². The first-order valence-corrected chi connectivity index (χ1v) is 11.0. The second-order valence-electron chi connectivity index (χ2n) is 7.72. The normalized spacial score (nSPS) is 15.6. The molecule has 0 saturated carbocycles. The molecule has 0 aromatic heterocycles. The Morgan fingerprint density at radius 2 is 1.97 bits per heavy atom. The van der Waals surface area contributed by atoms with E-state index in [4.69, 9.17) is 5.26 Å². The van der Waals surface area contributed by atoms with Crippen molar-refractivity contribution < 1.29 is 28.2 Å². The molecule has 3 rings (SSSR count). The van der Waals surface area contributed by atoms with E-state index in [2.05, 4.69) is 5.32 Å². The van der Waals surface area contributed by atoms with Crippen molar-refractivity contribution in [2.24, 2.45) is 0 Å². The molecule has 0 heterocycles. The summed E-state index contributed by atoms with van der Waals surface area (Å²) in [4.78, 5) is 13.4. The van der Waals surface area contributed by atoms with Crippen LogP contribution in [0.3, 0.4) is 0 Å². The van der Waals surface area contributed by atoms with Crippen LogP contribution in [0.2, 0.25) is 0 Å². The van der Waals surface area contributed by atoms with Crippen LogP contribution in [0.1, 0.15) is 36.5 Å². The van der Waals surface area contributed by atoms with E-state index in [0.29, 0.717) is 12.5 Å². The highest BCUT2D eigenvalue weighted by atomic mass is 32.2. The molecule has 1 aliphatic carbocycles. The number of halogens is 3. The molecule has 5 nitrogen and oxygen atoms in total. The Labute approximate surface area is 193 Å². The highest BCUT2D eigenvalue weighted by Gasteiger charge is 2.35. The number of carbonyl (C=O) groups excluding carboxylic acids is 1. The average Bonchev–Trinajstić information content (AvgIpc) is 2.77. The summed E-state index contributed by atoms with van der Waals surface area (Å²) in [7, 11) is 0. The number of aliphatic hydroxyl groups is 2. The number of aliphatic hydroxyl groups excluding tert-OH is 1. The second kappa shape index (κ2) is 9.73. The van der Waals surface area contributed by atoms with Crippen LogP contribution >= 0.6 is 11.8 Å². The lowest BCUT2D eigenvalue weighted by atomic mass is 9.97. The quantitative estimate of drug-likeness (QED) is 0.469. The number of amides is 1. The van der Waals surface area contributed by atoms with Crippen molar-refractivity contribution in [2.75, 3.05) is 11.1 Å². The first-order chi connectivity index (χ1) is 15.5. The SMILES string of the molecule is CC(O)(CSc1ccccc1C1=CC(O)=CCC1)C(=O)Nc1ccc(C#N)c(C(F)(F)F)c1. The Balaban J connectivity index is 1.74. The van der Waals surface area contributed by atoms with Crippen LogP contribution in [-0.2, 0) is 11.0 Å². The fourth-order valence-corrected chi connectivity index (χ4v) is 4.36. The minimum atomic E-state index is -4.76. The molecular formula is C24H21F3N2O3S. The van der Waals surface area contributed by atoms with E-state index in [-0.39, 0.29) is 17.2 Å². The lowest BCUT2D eigenvalue weighted by Gasteiger charge is -2.23. The van der Waals surface area contributed by atoms with Gasteiger partial charge in [0, 0.05) is 16.3 Å². The molecule has 3 N–H and O–H groups in total. The summed E-state index contributed by atoms with van der Waals surface area (Å²) in [5.74, 6) is -0.751. The Morgan fingerprint density at radius 3 is 2.64 bits per heavy atom. The minimum Gasteiger partial charge on any atom is -0.508 e. The number of rotatable bonds is 6. The van der Waals surface area contributed by atoms with E-state index >= 15 is 0 Å². The number of hydrogen-bond acceptors (Lipinski definition) is 5. The van der Waals surface area contributed by atoms with Crippen LogP contribution in [-0.4, -0.2) is 27.5 Å². The molecule has 1 unspecified atom stereocenters. The maximum Gasteiger partial charge on any atom is 0.417 e. The Bertz CT molecular complexity index is 1160. The maximum absolute atomic E-state index is 13.2. The van der Waals surface area contributed by atoms with E-state index in [1.54, 1.807) is 12.2 Å². The standard InChI is InChI=1S/C24H21F3N2O3S/c1-23(32,22(31)29-17-10-9-16(13-28)20(12-17)24(25,26)27)14-33-21-8-3-2-7-19(21)15-5-4-6-18(30)11-15/h2-3,6-12,30,32H,4-5,14H2,1H3,(H,29,31). The molecule has 0 saturated heterocycles. The zero-order valence-corrected chi connectivity index (χ0v) is 18.4. The van der Waals surface area contributed by atoms with Gasteiger partial charge in [0.05, 0.1) is 17.2 Å². The van der Waals surface area contributed by atoms with Crippen molar-refractivity contribution in [1.82, 2.24) is 0 Å². The number of nitrogens with zero attached hydrogens (tertiary/aromatic N) is 1. The number of thioether (sulfide) groups is 1. The van der Waals surface area contributed by atoms with E-state index in [1.807, 2.05) is 24.3 Å². The maximum atomic E-state index is 13.2. The van der Waals surface area contributed by atoms with Crippen LogP contribution in [0.4, 0.5) is 18.9 Å². The molecule has 1 aliphatic rings. The van der Waals surface area contributed by atoms with Crippen LogP contribution in [0.15, 0.2) is 65.3 Å². The molecule has 2 aromatic rings. The molecule has 0 radical (unpaired) electrons. The van der Waals surface area contributed by atoms with Crippen molar-refractivity contribution in [3.63, 3.8) is 0 Å². The number of carbonyl (C=O) groups is 1. The second-order valence-corrected chi connectivity index (χ2v) is 8.74. The summed E-state index contributed by atoms with van der Waals surface area (Å²) >= 11 is 1.23.